The Kier molecular flexibility index (Phi) is 5.75. The summed E-state index contributed by atoms with van der Waals surface area (Å²) in [5.74, 6) is -0.226. The van der Waals surface area contributed by atoms with E-state index < -0.39 is 5.25 Å². The van der Waals surface area contributed by atoms with Gasteiger partial charge in [-0.3, -0.25) is 9.59 Å². The number of halogens is 1. The highest BCUT2D eigenvalue weighted by Crippen LogP contribution is 2.25. The Hall–Kier alpha value is -2.57. The number of aromatic nitrogens is 2. The van der Waals surface area contributed by atoms with Gasteiger partial charge in [-0.25, -0.2) is 4.98 Å². The molecule has 0 bridgehead atoms. The number of nitrogens with zero attached hydrogens (tertiary/aromatic N) is 1. The lowest BCUT2D eigenvalue weighted by molar-refractivity contribution is -0.115. The number of amides is 1. The van der Waals surface area contributed by atoms with Gasteiger partial charge in [-0.05, 0) is 19.1 Å². The van der Waals surface area contributed by atoms with Gasteiger partial charge in [0.15, 0.2) is 5.16 Å². The van der Waals surface area contributed by atoms with E-state index in [9.17, 15) is 9.59 Å². The molecule has 1 amide bonds. The summed E-state index contributed by atoms with van der Waals surface area (Å²) in [4.78, 5) is 31.5. The number of hydrogen-bond donors (Lipinski definition) is 2. The SMILES string of the molecule is C[C@@H](Sc1nc(-c2ccccc2)cc(=O)[nH]1)C(=O)Nc1ccccc1Cl. The topological polar surface area (TPSA) is 74.8 Å². The fraction of sp³-hybridized carbons (Fsp3) is 0.105. The zero-order chi connectivity index (χ0) is 18.5. The van der Waals surface area contributed by atoms with Crippen LogP contribution < -0.4 is 10.9 Å². The number of nitrogens with one attached hydrogen (secondary N) is 2. The molecule has 1 heterocycles. The Balaban J connectivity index is 1.76. The van der Waals surface area contributed by atoms with Crippen LogP contribution in [0.25, 0.3) is 11.3 Å². The second kappa shape index (κ2) is 8.21. The van der Waals surface area contributed by atoms with Crippen LogP contribution in [0.5, 0.6) is 0 Å². The minimum atomic E-state index is -0.472. The molecular weight excluding hydrogens is 370 g/mol. The molecule has 0 radical (unpaired) electrons. The first-order valence-electron chi connectivity index (χ1n) is 7.92. The Bertz CT molecular complexity index is 976. The summed E-state index contributed by atoms with van der Waals surface area (Å²) < 4.78 is 0. The van der Waals surface area contributed by atoms with Crippen LogP contribution in [0, 0.1) is 0 Å². The van der Waals surface area contributed by atoms with Crippen LogP contribution in [0.4, 0.5) is 5.69 Å². The first kappa shape index (κ1) is 18.2. The normalized spacial score (nSPS) is 11.8. The van der Waals surface area contributed by atoms with E-state index in [1.165, 1.54) is 17.8 Å². The number of anilines is 1. The third-order valence-electron chi connectivity index (χ3n) is 3.58. The fourth-order valence-electron chi connectivity index (χ4n) is 2.27. The molecule has 0 fully saturated rings. The van der Waals surface area contributed by atoms with Crippen molar-refractivity contribution in [2.24, 2.45) is 0 Å². The van der Waals surface area contributed by atoms with Crippen LogP contribution in [-0.2, 0) is 4.79 Å². The zero-order valence-electron chi connectivity index (χ0n) is 13.9. The van der Waals surface area contributed by atoms with E-state index in [4.69, 9.17) is 11.6 Å². The van der Waals surface area contributed by atoms with Crippen molar-refractivity contribution in [3.8, 4) is 11.3 Å². The molecule has 132 valence electrons. The lowest BCUT2D eigenvalue weighted by atomic mass is 10.1. The number of carbonyl (C=O) groups is 1. The highest BCUT2D eigenvalue weighted by atomic mass is 35.5. The van der Waals surface area contributed by atoms with E-state index in [1.54, 1.807) is 31.2 Å². The minimum Gasteiger partial charge on any atom is -0.324 e. The van der Waals surface area contributed by atoms with E-state index in [-0.39, 0.29) is 11.5 Å². The van der Waals surface area contributed by atoms with Crippen molar-refractivity contribution in [3.05, 3.63) is 76.0 Å². The summed E-state index contributed by atoms with van der Waals surface area (Å²) in [6, 6.07) is 17.9. The van der Waals surface area contributed by atoms with Crippen LogP contribution in [0.2, 0.25) is 5.02 Å². The number of para-hydroxylation sites is 1. The summed E-state index contributed by atoms with van der Waals surface area (Å²) in [6.07, 6.45) is 0. The Labute approximate surface area is 159 Å². The summed E-state index contributed by atoms with van der Waals surface area (Å²) in [7, 11) is 0. The molecule has 1 aromatic heterocycles. The molecule has 0 saturated carbocycles. The van der Waals surface area contributed by atoms with Gasteiger partial charge in [-0.15, -0.1) is 0 Å². The van der Waals surface area contributed by atoms with Crippen molar-refractivity contribution in [2.75, 3.05) is 5.32 Å². The van der Waals surface area contributed by atoms with E-state index in [2.05, 4.69) is 15.3 Å². The molecule has 5 nitrogen and oxygen atoms in total. The molecule has 0 aliphatic heterocycles. The smallest absolute Gasteiger partial charge is 0.252 e. The highest BCUT2D eigenvalue weighted by Gasteiger charge is 2.17. The van der Waals surface area contributed by atoms with Crippen molar-refractivity contribution in [3.63, 3.8) is 0 Å². The number of aromatic amines is 1. The second-order valence-corrected chi connectivity index (χ2v) is 7.27. The monoisotopic (exact) mass is 385 g/mol. The largest absolute Gasteiger partial charge is 0.324 e. The number of carbonyl (C=O) groups excluding carboxylic acids is 1. The van der Waals surface area contributed by atoms with Crippen molar-refractivity contribution in [2.45, 2.75) is 17.3 Å². The van der Waals surface area contributed by atoms with E-state index in [0.717, 1.165) is 5.56 Å². The van der Waals surface area contributed by atoms with Gasteiger partial charge in [-0.2, -0.15) is 0 Å². The summed E-state index contributed by atoms with van der Waals surface area (Å²) in [5, 5.41) is 3.16. The van der Waals surface area contributed by atoms with Crippen LogP contribution in [0.15, 0.2) is 70.6 Å². The average Bonchev–Trinajstić information content (AvgIpc) is 2.64. The molecule has 3 aromatic rings. The lowest BCUT2D eigenvalue weighted by Gasteiger charge is -2.12. The van der Waals surface area contributed by atoms with E-state index in [1.807, 2.05) is 30.3 Å². The quantitative estimate of drug-likeness (QED) is 0.509. The lowest BCUT2D eigenvalue weighted by Crippen LogP contribution is -2.23. The number of hydrogen-bond acceptors (Lipinski definition) is 4. The molecule has 2 N–H and O–H groups in total. The average molecular weight is 386 g/mol. The van der Waals surface area contributed by atoms with Gasteiger partial charge in [-0.1, -0.05) is 65.8 Å². The predicted molar refractivity (Wildman–Crippen MR) is 106 cm³/mol. The standard InChI is InChI=1S/C19H16ClN3O2S/c1-12(18(25)21-15-10-6-5-9-14(15)20)26-19-22-16(11-17(24)23-19)13-7-3-2-4-8-13/h2-12H,1H3,(H,21,25)(H,22,23,24)/t12-/m1/s1. The van der Waals surface area contributed by atoms with Gasteiger partial charge in [0.2, 0.25) is 5.91 Å². The number of benzene rings is 2. The molecule has 3 rings (SSSR count). The van der Waals surface area contributed by atoms with Crippen LogP contribution >= 0.6 is 23.4 Å². The van der Waals surface area contributed by atoms with Crippen LogP contribution in [0.3, 0.4) is 0 Å². The molecule has 7 heteroatoms. The van der Waals surface area contributed by atoms with Crippen molar-refractivity contribution in [1.29, 1.82) is 0 Å². The van der Waals surface area contributed by atoms with Gasteiger partial charge < -0.3 is 10.3 Å². The fourth-order valence-corrected chi connectivity index (χ4v) is 3.26. The van der Waals surface area contributed by atoms with Gasteiger partial charge in [0, 0.05) is 11.6 Å². The molecule has 26 heavy (non-hydrogen) atoms. The molecule has 0 aliphatic carbocycles. The van der Waals surface area contributed by atoms with Crippen molar-refractivity contribution < 1.29 is 4.79 Å². The first-order valence-corrected chi connectivity index (χ1v) is 9.17. The Morgan fingerprint density at radius 2 is 1.85 bits per heavy atom. The Morgan fingerprint density at radius 3 is 2.58 bits per heavy atom. The number of H-pyrrole nitrogens is 1. The summed E-state index contributed by atoms with van der Waals surface area (Å²) in [6.45, 7) is 1.74. The van der Waals surface area contributed by atoms with E-state index in [0.29, 0.717) is 21.6 Å². The third-order valence-corrected chi connectivity index (χ3v) is 4.89. The predicted octanol–water partition coefficient (Wildman–Crippen LogP) is 4.21. The Morgan fingerprint density at radius 1 is 1.15 bits per heavy atom. The van der Waals surface area contributed by atoms with Gasteiger partial charge >= 0.3 is 0 Å². The number of rotatable bonds is 5. The number of thioether (sulfide) groups is 1. The third kappa shape index (κ3) is 4.53. The molecule has 2 aromatic carbocycles. The molecule has 0 saturated heterocycles. The molecular formula is C19H16ClN3O2S. The zero-order valence-corrected chi connectivity index (χ0v) is 15.5. The van der Waals surface area contributed by atoms with Crippen LogP contribution in [0.1, 0.15) is 6.92 Å². The van der Waals surface area contributed by atoms with Crippen molar-refractivity contribution >= 4 is 35.0 Å². The maximum absolute atomic E-state index is 12.4. The first-order chi connectivity index (χ1) is 12.5. The maximum Gasteiger partial charge on any atom is 0.252 e. The van der Waals surface area contributed by atoms with Gasteiger partial charge in [0.1, 0.15) is 0 Å². The van der Waals surface area contributed by atoms with Gasteiger partial charge in [0.05, 0.1) is 21.7 Å². The molecule has 1 atom stereocenters. The van der Waals surface area contributed by atoms with E-state index >= 15 is 0 Å². The molecule has 0 spiro atoms. The minimum absolute atomic E-state index is 0.226. The van der Waals surface area contributed by atoms with Gasteiger partial charge in [0.25, 0.3) is 5.56 Å². The summed E-state index contributed by atoms with van der Waals surface area (Å²) in [5.41, 5.74) is 1.69. The molecule has 0 unspecified atom stereocenters. The second-order valence-electron chi connectivity index (χ2n) is 5.53. The molecule has 0 aliphatic rings. The highest BCUT2D eigenvalue weighted by molar-refractivity contribution is 8.00. The summed E-state index contributed by atoms with van der Waals surface area (Å²) >= 11 is 7.24. The van der Waals surface area contributed by atoms with Crippen molar-refractivity contribution in [1.82, 2.24) is 9.97 Å². The van der Waals surface area contributed by atoms with Crippen LogP contribution in [-0.4, -0.2) is 21.1 Å². The maximum atomic E-state index is 12.4.